The van der Waals surface area contributed by atoms with Gasteiger partial charge in [0.2, 0.25) is 0 Å². The molecule has 0 aromatic heterocycles. The van der Waals surface area contributed by atoms with Crippen molar-refractivity contribution in [3.8, 4) is 0 Å². The van der Waals surface area contributed by atoms with Crippen molar-refractivity contribution in [2.75, 3.05) is 25.1 Å². The number of nitro groups is 1. The van der Waals surface area contributed by atoms with E-state index in [9.17, 15) is 14.5 Å². The zero-order chi connectivity index (χ0) is 15.0. The number of rotatable bonds is 9. The van der Waals surface area contributed by atoms with Crippen LogP contribution in [-0.2, 0) is 4.74 Å². The van der Waals surface area contributed by atoms with Crippen LogP contribution in [0.25, 0.3) is 0 Å². The van der Waals surface area contributed by atoms with Crippen molar-refractivity contribution in [1.29, 1.82) is 0 Å². The molecule has 1 aromatic carbocycles. The van der Waals surface area contributed by atoms with Gasteiger partial charge in [0, 0.05) is 19.8 Å². The first-order valence-corrected chi connectivity index (χ1v) is 7.30. The van der Waals surface area contributed by atoms with Crippen molar-refractivity contribution in [2.45, 2.75) is 26.2 Å². The van der Waals surface area contributed by atoms with E-state index >= 15 is 0 Å². The summed E-state index contributed by atoms with van der Waals surface area (Å²) in [5.74, 6) is -0.648. The summed E-state index contributed by atoms with van der Waals surface area (Å²) in [5.41, 5.74) is 0.0365. The fourth-order valence-corrected chi connectivity index (χ4v) is 1.92. The van der Waals surface area contributed by atoms with E-state index in [4.69, 9.17) is 4.74 Å². The van der Waals surface area contributed by atoms with E-state index in [0.717, 1.165) is 31.9 Å². The molecule has 5 nitrogen and oxygen atoms in total. The summed E-state index contributed by atoms with van der Waals surface area (Å²) in [4.78, 5) is 10.2. The second kappa shape index (κ2) is 8.86. The fourth-order valence-electron chi connectivity index (χ4n) is 1.57. The Labute approximate surface area is 125 Å². The molecule has 0 spiro atoms. The quantitative estimate of drug-likeness (QED) is 0.414. The highest BCUT2D eigenvalue weighted by atomic mass is 79.9. The minimum Gasteiger partial charge on any atom is -0.381 e. The fraction of sp³-hybridized carbons (Fsp3) is 0.538. The lowest BCUT2D eigenvalue weighted by molar-refractivity contribution is -0.384. The van der Waals surface area contributed by atoms with Gasteiger partial charge in [-0.1, -0.05) is 13.3 Å². The van der Waals surface area contributed by atoms with Gasteiger partial charge in [0.05, 0.1) is 15.5 Å². The summed E-state index contributed by atoms with van der Waals surface area (Å²) in [6.45, 7) is 3.96. The van der Waals surface area contributed by atoms with E-state index in [1.54, 1.807) is 0 Å². The predicted molar refractivity (Wildman–Crippen MR) is 79.6 cm³/mol. The van der Waals surface area contributed by atoms with E-state index in [0.29, 0.717) is 18.8 Å². The largest absolute Gasteiger partial charge is 0.381 e. The van der Waals surface area contributed by atoms with Crippen LogP contribution >= 0.6 is 15.9 Å². The second-order valence-electron chi connectivity index (χ2n) is 4.29. The number of nitrogens with zero attached hydrogens (tertiary/aromatic N) is 1. The first-order valence-electron chi connectivity index (χ1n) is 6.51. The number of hydrogen-bond acceptors (Lipinski definition) is 4. The molecule has 0 amide bonds. The lowest BCUT2D eigenvalue weighted by Crippen LogP contribution is -2.08. The molecule has 1 aromatic rings. The number of hydrogen-bond donors (Lipinski definition) is 1. The van der Waals surface area contributed by atoms with Crippen LogP contribution in [0.1, 0.15) is 26.2 Å². The average molecular weight is 349 g/mol. The van der Waals surface area contributed by atoms with Crippen molar-refractivity contribution in [3.63, 3.8) is 0 Å². The SMILES string of the molecule is CCCCOCCCNc1cc(Br)c(F)cc1[N+](=O)[O-]. The third-order valence-electron chi connectivity index (χ3n) is 2.66. The van der Waals surface area contributed by atoms with Gasteiger partial charge in [-0.2, -0.15) is 0 Å². The van der Waals surface area contributed by atoms with Gasteiger partial charge < -0.3 is 10.1 Å². The van der Waals surface area contributed by atoms with E-state index in [2.05, 4.69) is 28.2 Å². The smallest absolute Gasteiger partial charge is 0.295 e. The highest BCUT2D eigenvalue weighted by molar-refractivity contribution is 9.10. The van der Waals surface area contributed by atoms with Crippen molar-refractivity contribution in [1.82, 2.24) is 0 Å². The minimum absolute atomic E-state index is 0.199. The lowest BCUT2D eigenvalue weighted by Gasteiger charge is -2.08. The molecule has 20 heavy (non-hydrogen) atoms. The van der Waals surface area contributed by atoms with Gasteiger partial charge in [-0.3, -0.25) is 10.1 Å². The van der Waals surface area contributed by atoms with Crippen LogP contribution in [0, 0.1) is 15.9 Å². The van der Waals surface area contributed by atoms with Crippen LogP contribution in [0.5, 0.6) is 0 Å². The minimum atomic E-state index is -0.648. The third-order valence-corrected chi connectivity index (χ3v) is 3.27. The second-order valence-corrected chi connectivity index (χ2v) is 5.14. The number of anilines is 1. The van der Waals surface area contributed by atoms with E-state index in [1.165, 1.54) is 6.07 Å². The molecule has 0 radical (unpaired) electrons. The Balaban J connectivity index is 2.47. The van der Waals surface area contributed by atoms with E-state index in [-0.39, 0.29) is 10.2 Å². The van der Waals surface area contributed by atoms with Crippen LogP contribution in [0.15, 0.2) is 16.6 Å². The molecule has 0 atom stereocenters. The molecule has 7 heteroatoms. The number of unbranched alkanes of at least 4 members (excludes halogenated alkanes) is 1. The van der Waals surface area contributed by atoms with Crippen molar-refractivity contribution >= 4 is 27.3 Å². The number of halogens is 2. The standard InChI is InChI=1S/C13H18BrFN2O3/c1-2-3-6-20-7-4-5-16-12-8-10(14)11(15)9-13(12)17(18)19/h8-9,16H,2-7H2,1H3. The Morgan fingerprint density at radius 2 is 2.10 bits per heavy atom. The summed E-state index contributed by atoms with van der Waals surface area (Å²) in [6, 6.07) is 2.29. The van der Waals surface area contributed by atoms with Gasteiger partial charge in [0.1, 0.15) is 11.5 Å². The maximum Gasteiger partial charge on any atom is 0.295 e. The summed E-state index contributed by atoms with van der Waals surface area (Å²) in [5, 5.41) is 13.8. The number of nitrogens with one attached hydrogen (secondary N) is 1. The molecular weight excluding hydrogens is 331 g/mol. The molecule has 0 saturated carbocycles. The van der Waals surface area contributed by atoms with Crippen molar-refractivity contribution in [3.05, 3.63) is 32.5 Å². The Hall–Kier alpha value is -1.21. The number of nitro benzene ring substituents is 1. The van der Waals surface area contributed by atoms with Crippen LogP contribution < -0.4 is 5.32 Å². The summed E-state index contributed by atoms with van der Waals surface area (Å²) >= 11 is 3.02. The predicted octanol–water partition coefficient (Wildman–Crippen LogP) is 4.12. The van der Waals surface area contributed by atoms with Gasteiger partial charge in [-0.05, 0) is 34.8 Å². The Kier molecular flexibility index (Phi) is 7.46. The Morgan fingerprint density at radius 1 is 1.40 bits per heavy atom. The van der Waals surface area contributed by atoms with Gasteiger partial charge in [0.25, 0.3) is 5.69 Å². The van der Waals surface area contributed by atoms with Gasteiger partial charge in [-0.25, -0.2) is 4.39 Å². The molecule has 0 aliphatic heterocycles. The molecule has 0 unspecified atom stereocenters. The summed E-state index contributed by atoms with van der Waals surface area (Å²) in [6.07, 6.45) is 2.85. The first kappa shape index (κ1) is 16.8. The molecule has 1 rings (SSSR count). The van der Waals surface area contributed by atoms with Crippen LogP contribution in [0.2, 0.25) is 0 Å². The number of benzene rings is 1. The van der Waals surface area contributed by atoms with Gasteiger partial charge >= 0.3 is 0 Å². The highest BCUT2D eigenvalue weighted by Gasteiger charge is 2.17. The van der Waals surface area contributed by atoms with Crippen LogP contribution in [-0.4, -0.2) is 24.7 Å². The molecule has 0 aliphatic rings. The number of ether oxygens (including phenoxy) is 1. The maximum absolute atomic E-state index is 13.3. The van der Waals surface area contributed by atoms with Crippen LogP contribution in [0.3, 0.4) is 0 Å². The molecule has 112 valence electrons. The summed E-state index contributed by atoms with van der Waals surface area (Å²) in [7, 11) is 0. The molecular formula is C13H18BrFN2O3. The van der Waals surface area contributed by atoms with Crippen molar-refractivity contribution in [2.24, 2.45) is 0 Å². The molecule has 0 aliphatic carbocycles. The normalized spacial score (nSPS) is 10.6. The lowest BCUT2D eigenvalue weighted by atomic mass is 10.2. The highest BCUT2D eigenvalue weighted by Crippen LogP contribution is 2.30. The van der Waals surface area contributed by atoms with Crippen LogP contribution in [0.4, 0.5) is 15.8 Å². The zero-order valence-corrected chi connectivity index (χ0v) is 12.9. The molecule has 0 saturated heterocycles. The molecule has 0 heterocycles. The Morgan fingerprint density at radius 3 is 2.75 bits per heavy atom. The van der Waals surface area contributed by atoms with Gasteiger partial charge in [-0.15, -0.1) is 0 Å². The molecule has 1 N–H and O–H groups in total. The molecule has 0 fully saturated rings. The van der Waals surface area contributed by atoms with Gasteiger partial charge in [0.15, 0.2) is 0 Å². The first-order chi connectivity index (χ1) is 9.56. The maximum atomic E-state index is 13.3. The average Bonchev–Trinajstić information content (AvgIpc) is 2.41. The van der Waals surface area contributed by atoms with E-state index < -0.39 is 10.7 Å². The van der Waals surface area contributed by atoms with Crippen molar-refractivity contribution < 1.29 is 14.1 Å². The Bertz CT molecular complexity index is 457. The summed E-state index contributed by atoms with van der Waals surface area (Å²) < 4.78 is 18.9. The van der Waals surface area contributed by atoms with E-state index in [1.807, 2.05) is 0 Å². The molecule has 0 bridgehead atoms. The third kappa shape index (κ3) is 5.42. The zero-order valence-electron chi connectivity index (χ0n) is 11.3. The monoisotopic (exact) mass is 348 g/mol. The topological polar surface area (TPSA) is 64.4 Å².